The van der Waals surface area contributed by atoms with Crippen LogP contribution in [0.25, 0.3) is 0 Å². The summed E-state index contributed by atoms with van der Waals surface area (Å²) in [5.41, 5.74) is 0. The molecule has 0 unspecified atom stereocenters. The fourth-order valence-corrected chi connectivity index (χ4v) is 0. The van der Waals surface area contributed by atoms with Crippen molar-refractivity contribution in [2.45, 2.75) is 0 Å². The van der Waals surface area contributed by atoms with Crippen LogP contribution in [0.4, 0.5) is 0 Å². The van der Waals surface area contributed by atoms with E-state index in [1.807, 2.05) is 0 Å². The molecule has 0 rings (SSSR count). The van der Waals surface area contributed by atoms with Crippen molar-refractivity contribution in [1.29, 1.82) is 0 Å². The van der Waals surface area contributed by atoms with Gasteiger partial charge in [-0.05, 0) is 0 Å². The summed E-state index contributed by atoms with van der Waals surface area (Å²) in [6.45, 7) is 0. The van der Waals surface area contributed by atoms with Crippen LogP contribution in [0.5, 0.6) is 0 Å². The minimum atomic E-state index is 0. The Morgan fingerprint density at radius 3 is 1.00 bits per heavy atom. The van der Waals surface area contributed by atoms with E-state index in [0.29, 0.717) is 0 Å². The van der Waals surface area contributed by atoms with Crippen molar-refractivity contribution in [1.82, 2.24) is 0 Å². The van der Waals surface area contributed by atoms with Crippen LogP contribution in [0.15, 0.2) is 0 Å². The third-order valence-electron chi connectivity index (χ3n) is 0. The molecule has 0 aliphatic heterocycles. The molecule has 0 aliphatic rings. The summed E-state index contributed by atoms with van der Waals surface area (Å²) in [6.07, 6.45) is 0. The van der Waals surface area contributed by atoms with Crippen molar-refractivity contribution < 1.29 is 147 Å². The zero-order valence-electron chi connectivity index (χ0n) is 2.54. The van der Waals surface area contributed by atoms with E-state index in [2.05, 4.69) is 0 Å². The molecule has 7 heteroatoms. The van der Waals surface area contributed by atoms with Gasteiger partial charge in [0.05, 0.1) is 0 Å². The van der Waals surface area contributed by atoms with E-state index in [4.69, 9.17) is 0 Å². The molecular weight excluding hydrogens is 1330 g/mol. The molecule has 0 nitrogen and oxygen atoms in total. The molecule has 0 saturated heterocycles. The Hall–Kier alpha value is 4.81. The molecule has 0 aromatic rings. The second-order valence-electron chi connectivity index (χ2n) is 0. The molecule has 0 aliphatic carbocycles. The van der Waals surface area contributed by atoms with Gasteiger partial charge in [0.1, 0.15) is 0 Å². The maximum Gasteiger partial charge on any atom is 0 e. The SMILES string of the molecule is [Au].[Ir].[Os].[Pt].[Re].[Ta].[W]. The van der Waals surface area contributed by atoms with Gasteiger partial charge in [-0.1, -0.05) is 0 Å². The maximum atomic E-state index is 0. The van der Waals surface area contributed by atoms with Gasteiger partial charge in [-0.15, -0.1) is 0 Å². The quantitative estimate of drug-likeness (QED) is 0.300. The van der Waals surface area contributed by atoms with Crippen molar-refractivity contribution in [3.8, 4) is 0 Å². The smallest absolute Gasteiger partial charge is 0 e. The summed E-state index contributed by atoms with van der Waals surface area (Å²) in [7, 11) is 0. The normalized spacial score (nSPS) is 0. The molecule has 4 radical (unpaired) electrons. The van der Waals surface area contributed by atoms with Gasteiger partial charge >= 0.3 is 0 Å². The van der Waals surface area contributed by atoms with Crippen LogP contribution < -0.4 is 0 Å². The molecule has 0 N–H and O–H groups in total. The van der Waals surface area contributed by atoms with E-state index in [9.17, 15) is 0 Å². The Bertz CT molecular complexity index is 19.7. The van der Waals surface area contributed by atoms with E-state index < -0.39 is 0 Å². The van der Waals surface area contributed by atoms with Gasteiger partial charge in [0.2, 0.25) is 0 Å². The second-order valence-corrected chi connectivity index (χ2v) is 0. The van der Waals surface area contributed by atoms with Gasteiger partial charge in [-0.2, -0.15) is 0 Å². The Balaban J connectivity index is 0. The summed E-state index contributed by atoms with van der Waals surface area (Å²) >= 11 is 0. The first-order valence-electron chi connectivity index (χ1n) is 0. The zero-order chi connectivity index (χ0) is 0. The summed E-state index contributed by atoms with van der Waals surface area (Å²) in [4.78, 5) is 0. The van der Waals surface area contributed by atoms with Crippen LogP contribution in [-0.4, -0.2) is 0 Å². The fourth-order valence-electron chi connectivity index (χ4n) is 0. The first-order valence-corrected chi connectivity index (χ1v) is 0. The van der Waals surface area contributed by atoms with Crippen LogP contribution in [0.1, 0.15) is 0 Å². The average molecular weight is 1330 g/mol. The summed E-state index contributed by atoms with van der Waals surface area (Å²) in [5.74, 6) is 0. The van der Waals surface area contributed by atoms with Gasteiger partial charge in [-0.3, -0.25) is 0 Å². The van der Waals surface area contributed by atoms with Crippen molar-refractivity contribution >= 4 is 0 Å². The van der Waals surface area contributed by atoms with Gasteiger partial charge in [-0.25, -0.2) is 0 Å². The Morgan fingerprint density at radius 2 is 1.00 bits per heavy atom. The van der Waals surface area contributed by atoms with E-state index in [-0.39, 0.29) is 147 Å². The molecule has 0 amide bonds. The standard InChI is InChI=1S/Au.Ir.Os.Pt.Re.Ta.W. The van der Waals surface area contributed by atoms with Gasteiger partial charge in [0.15, 0.2) is 0 Å². The molecule has 0 fully saturated rings. The Kier molecular flexibility index (Phi) is 384. The maximum absolute atomic E-state index is 0. The number of hydrogen-bond acceptors (Lipinski definition) is 0. The molecular formula is AuIrOsPtReTaW. The monoisotopic (exact) mass is 1330 g/mol. The summed E-state index contributed by atoms with van der Waals surface area (Å²) < 4.78 is 0. The molecule has 0 bridgehead atoms. The van der Waals surface area contributed by atoms with Crippen LogP contribution in [0, 0.1) is 0 Å². The van der Waals surface area contributed by atoms with E-state index in [1.165, 1.54) is 0 Å². The number of rotatable bonds is 0. The van der Waals surface area contributed by atoms with Crippen molar-refractivity contribution in [3.05, 3.63) is 0 Å². The molecule has 0 spiro atoms. The third-order valence-corrected chi connectivity index (χ3v) is 0. The molecule has 0 aromatic carbocycles. The molecule has 7 heavy (non-hydrogen) atoms. The van der Waals surface area contributed by atoms with Crippen LogP contribution in [0.3, 0.4) is 0 Å². The second kappa shape index (κ2) is 45.0. The zero-order valence-corrected chi connectivity index (χ0v) is 20.8. The van der Waals surface area contributed by atoms with Crippen LogP contribution in [0.2, 0.25) is 0 Å². The predicted molar refractivity (Wildman–Crippen MR) is 0 cm³/mol. The first kappa shape index (κ1) is 59.7. The Morgan fingerprint density at radius 1 is 1.00 bits per heavy atom. The molecule has 0 aromatic heterocycles. The average Bonchev–Trinajstić information content (AvgIpc) is 0. The van der Waals surface area contributed by atoms with Crippen molar-refractivity contribution in [3.63, 3.8) is 0 Å². The number of hydrogen-bond donors (Lipinski definition) is 0. The predicted octanol–water partition coefficient (Wildman–Crippen LogP) is -0.0175. The molecule has 0 atom stereocenters. The van der Waals surface area contributed by atoms with Crippen molar-refractivity contribution in [2.75, 3.05) is 0 Å². The van der Waals surface area contributed by atoms with E-state index in [0.717, 1.165) is 0 Å². The van der Waals surface area contributed by atoms with Gasteiger partial charge in [0, 0.05) is 147 Å². The van der Waals surface area contributed by atoms with Gasteiger partial charge in [0.25, 0.3) is 0 Å². The van der Waals surface area contributed by atoms with E-state index in [1.54, 1.807) is 0 Å². The van der Waals surface area contributed by atoms with Gasteiger partial charge < -0.3 is 0 Å². The minimum absolute atomic E-state index is 0. The molecule has 56 valence electrons. The van der Waals surface area contributed by atoms with Crippen molar-refractivity contribution in [2.24, 2.45) is 0 Å². The van der Waals surface area contributed by atoms with Crippen LogP contribution in [-0.2, 0) is 147 Å². The largest absolute Gasteiger partial charge is 0 e. The third kappa shape index (κ3) is 36.3. The molecule has 0 heterocycles. The summed E-state index contributed by atoms with van der Waals surface area (Å²) in [6, 6.07) is 0. The van der Waals surface area contributed by atoms with Crippen LogP contribution >= 0.6 is 0 Å². The summed E-state index contributed by atoms with van der Waals surface area (Å²) in [5, 5.41) is 0. The topological polar surface area (TPSA) is 0 Å². The Labute approximate surface area is 144 Å². The first-order chi connectivity index (χ1) is 0. The van der Waals surface area contributed by atoms with E-state index >= 15 is 0 Å². The molecule has 0 saturated carbocycles. The minimum Gasteiger partial charge on any atom is 0 e. The fraction of sp³-hybridized carbons (Fsp3) is 0.